The maximum absolute atomic E-state index is 3.56. The van der Waals surface area contributed by atoms with E-state index in [1.807, 2.05) is 0 Å². The average molecular weight is 348 g/mol. The predicted octanol–water partition coefficient (Wildman–Crippen LogP) is 6.10. The van der Waals surface area contributed by atoms with Crippen LogP contribution in [0.25, 0.3) is 0 Å². The highest BCUT2D eigenvalue weighted by Gasteiger charge is 1.99. The van der Waals surface area contributed by atoms with Crippen molar-refractivity contribution >= 4 is 0 Å². The van der Waals surface area contributed by atoms with Crippen molar-refractivity contribution in [2.45, 2.75) is 65.3 Å². The van der Waals surface area contributed by atoms with Crippen molar-refractivity contribution in [3.05, 3.63) is 70.8 Å². The molecule has 2 rings (SSSR count). The van der Waals surface area contributed by atoms with Gasteiger partial charge in [-0.05, 0) is 55.1 Å². The normalized spacial score (nSPS) is 10.4. The highest BCUT2D eigenvalue weighted by Crippen LogP contribution is 2.10. The first-order valence-electron chi connectivity index (χ1n) is 10.2. The van der Waals surface area contributed by atoms with Crippen molar-refractivity contribution < 1.29 is 0 Å². The predicted molar refractivity (Wildman–Crippen MR) is 113 cm³/mol. The van der Waals surface area contributed by atoms with Crippen LogP contribution < -0.4 is 5.32 Å². The number of nitrogens with one attached hydrogen (secondary N) is 1. The van der Waals surface area contributed by atoms with Gasteiger partial charge in [-0.1, -0.05) is 81.7 Å². The van der Waals surface area contributed by atoms with E-state index in [1.54, 1.807) is 0 Å². The molecule has 0 unspecified atom stereocenters. The van der Waals surface area contributed by atoms with Crippen LogP contribution >= 0.6 is 0 Å². The molecule has 0 heterocycles. The Balaban J connectivity index is 1.92. The van der Waals surface area contributed by atoms with Gasteiger partial charge < -0.3 is 5.32 Å². The topological polar surface area (TPSA) is 12.0 Å². The third-order valence-electron chi connectivity index (χ3n) is 4.65. The molecule has 2 aromatic rings. The highest BCUT2D eigenvalue weighted by molar-refractivity contribution is 5.46. The maximum Gasteiger partial charge on any atom is 0.0294 e. The molecule has 0 radical (unpaired) electrons. The van der Waals surface area contributed by atoms with Gasteiger partial charge in [0.2, 0.25) is 0 Å². The molecule has 0 aromatic heterocycles. The molecular formula is C25H33N. The molecule has 0 bridgehead atoms. The summed E-state index contributed by atoms with van der Waals surface area (Å²) in [4.78, 5) is 0. The SMILES string of the molecule is CCCCCCNCc1ccccc1C#Cc1ccc(CCCC)cc1. The Kier molecular flexibility index (Phi) is 9.62. The molecule has 1 N–H and O–H groups in total. The Labute approximate surface area is 160 Å². The molecule has 0 amide bonds. The van der Waals surface area contributed by atoms with Gasteiger partial charge in [0, 0.05) is 17.7 Å². The minimum Gasteiger partial charge on any atom is -0.313 e. The van der Waals surface area contributed by atoms with Crippen LogP contribution in [0.15, 0.2) is 48.5 Å². The summed E-state index contributed by atoms with van der Waals surface area (Å²) in [5, 5.41) is 3.56. The fourth-order valence-corrected chi connectivity index (χ4v) is 2.97. The lowest BCUT2D eigenvalue weighted by Gasteiger charge is -2.07. The molecule has 0 spiro atoms. The fraction of sp³-hybridized carbons (Fsp3) is 0.440. The van der Waals surface area contributed by atoms with E-state index in [0.717, 1.165) is 30.6 Å². The molecule has 0 saturated carbocycles. The van der Waals surface area contributed by atoms with E-state index < -0.39 is 0 Å². The van der Waals surface area contributed by atoms with Crippen molar-refractivity contribution in [1.29, 1.82) is 0 Å². The van der Waals surface area contributed by atoms with Gasteiger partial charge in [-0.2, -0.15) is 0 Å². The molecular weight excluding hydrogens is 314 g/mol. The van der Waals surface area contributed by atoms with Crippen LogP contribution in [0.3, 0.4) is 0 Å². The standard InChI is InChI=1S/C25H33N/c1-3-5-7-10-20-26-21-25-13-9-8-12-24(25)19-18-23-16-14-22(15-17-23)11-6-4-2/h8-9,12-17,26H,3-7,10-11,20-21H2,1-2H3. The van der Waals surface area contributed by atoms with Gasteiger partial charge in [0.25, 0.3) is 0 Å². The van der Waals surface area contributed by atoms with Crippen LogP contribution in [-0.2, 0) is 13.0 Å². The Morgan fingerprint density at radius 2 is 1.54 bits per heavy atom. The maximum atomic E-state index is 3.56. The summed E-state index contributed by atoms with van der Waals surface area (Å²) >= 11 is 0. The largest absolute Gasteiger partial charge is 0.313 e. The molecule has 1 nitrogen and oxygen atoms in total. The second-order valence-corrected chi connectivity index (χ2v) is 6.95. The molecule has 138 valence electrons. The summed E-state index contributed by atoms with van der Waals surface area (Å²) < 4.78 is 0. The number of hydrogen-bond acceptors (Lipinski definition) is 1. The summed E-state index contributed by atoms with van der Waals surface area (Å²) in [5.41, 5.74) is 4.91. The molecule has 0 aliphatic heterocycles. The number of unbranched alkanes of at least 4 members (excludes halogenated alkanes) is 4. The lowest BCUT2D eigenvalue weighted by molar-refractivity contribution is 0.598. The average Bonchev–Trinajstić information content (AvgIpc) is 2.69. The smallest absolute Gasteiger partial charge is 0.0294 e. The zero-order valence-corrected chi connectivity index (χ0v) is 16.5. The number of benzene rings is 2. The number of rotatable bonds is 10. The fourth-order valence-electron chi connectivity index (χ4n) is 2.97. The minimum atomic E-state index is 0.896. The van der Waals surface area contributed by atoms with Gasteiger partial charge >= 0.3 is 0 Å². The van der Waals surface area contributed by atoms with E-state index in [1.165, 1.54) is 49.7 Å². The van der Waals surface area contributed by atoms with Crippen molar-refractivity contribution in [3.63, 3.8) is 0 Å². The summed E-state index contributed by atoms with van der Waals surface area (Å²) in [6.07, 6.45) is 8.86. The van der Waals surface area contributed by atoms with E-state index in [-0.39, 0.29) is 0 Å². The third-order valence-corrected chi connectivity index (χ3v) is 4.65. The summed E-state index contributed by atoms with van der Waals surface area (Å²) in [7, 11) is 0. The Morgan fingerprint density at radius 1 is 0.769 bits per heavy atom. The molecule has 0 aliphatic carbocycles. The first-order valence-corrected chi connectivity index (χ1v) is 10.2. The summed E-state index contributed by atoms with van der Waals surface area (Å²) in [5.74, 6) is 6.69. The Hall–Kier alpha value is -2.04. The van der Waals surface area contributed by atoms with Crippen LogP contribution in [0.1, 0.15) is 74.6 Å². The first kappa shape index (κ1) is 20.3. The second-order valence-electron chi connectivity index (χ2n) is 6.95. The van der Waals surface area contributed by atoms with E-state index in [4.69, 9.17) is 0 Å². The number of hydrogen-bond donors (Lipinski definition) is 1. The van der Waals surface area contributed by atoms with E-state index >= 15 is 0 Å². The molecule has 0 saturated heterocycles. The van der Waals surface area contributed by atoms with Crippen molar-refractivity contribution in [2.75, 3.05) is 6.54 Å². The zero-order valence-electron chi connectivity index (χ0n) is 16.5. The second kappa shape index (κ2) is 12.3. The van der Waals surface area contributed by atoms with Crippen molar-refractivity contribution in [1.82, 2.24) is 5.32 Å². The molecule has 0 aliphatic rings. The van der Waals surface area contributed by atoms with E-state index in [9.17, 15) is 0 Å². The first-order chi connectivity index (χ1) is 12.8. The lowest BCUT2D eigenvalue weighted by atomic mass is 10.1. The molecule has 2 aromatic carbocycles. The van der Waals surface area contributed by atoms with Gasteiger partial charge in [0.15, 0.2) is 0 Å². The van der Waals surface area contributed by atoms with Crippen LogP contribution in [-0.4, -0.2) is 6.54 Å². The van der Waals surface area contributed by atoms with Gasteiger partial charge in [-0.15, -0.1) is 0 Å². The minimum absolute atomic E-state index is 0.896. The van der Waals surface area contributed by atoms with Gasteiger partial charge in [0.1, 0.15) is 0 Å². The molecule has 0 fully saturated rings. The Morgan fingerprint density at radius 3 is 2.31 bits per heavy atom. The van der Waals surface area contributed by atoms with Crippen molar-refractivity contribution in [2.24, 2.45) is 0 Å². The monoisotopic (exact) mass is 347 g/mol. The molecule has 0 atom stereocenters. The van der Waals surface area contributed by atoms with Gasteiger partial charge in [-0.25, -0.2) is 0 Å². The van der Waals surface area contributed by atoms with Crippen LogP contribution in [0, 0.1) is 11.8 Å². The van der Waals surface area contributed by atoms with E-state index in [0.29, 0.717) is 0 Å². The zero-order chi connectivity index (χ0) is 18.5. The summed E-state index contributed by atoms with van der Waals surface area (Å²) in [6.45, 7) is 6.46. The Bertz CT molecular complexity index is 688. The van der Waals surface area contributed by atoms with Crippen LogP contribution in [0.4, 0.5) is 0 Å². The third kappa shape index (κ3) is 7.46. The molecule has 1 heteroatoms. The quantitative estimate of drug-likeness (QED) is 0.404. The lowest BCUT2D eigenvalue weighted by Crippen LogP contribution is -2.15. The van der Waals surface area contributed by atoms with Gasteiger partial charge in [-0.3, -0.25) is 0 Å². The van der Waals surface area contributed by atoms with Gasteiger partial charge in [0.05, 0.1) is 0 Å². The highest BCUT2D eigenvalue weighted by atomic mass is 14.8. The van der Waals surface area contributed by atoms with Crippen molar-refractivity contribution in [3.8, 4) is 11.8 Å². The molecule has 26 heavy (non-hydrogen) atoms. The summed E-state index contributed by atoms with van der Waals surface area (Å²) in [6, 6.07) is 17.2. The number of aryl methyl sites for hydroxylation is 1. The van der Waals surface area contributed by atoms with Crippen LogP contribution in [0.5, 0.6) is 0 Å². The van der Waals surface area contributed by atoms with E-state index in [2.05, 4.69) is 79.5 Å². The van der Waals surface area contributed by atoms with Crippen LogP contribution in [0.2, 0.25) is 0 Å².